The van der Waals surface area contributed by atoms with Crippen LogP contribution < -0.4 is 0 Å². The summed E-state index contributed by atoms with van der Waals surface area (Å²) in [5.41, 5.74) is 1.62. The molecule has 1 aromatic carbocycles. The molecule has 0 unspecified atom stereocenters. The highest BCUT2D eigenvalue weighted by Gasteiger charge is 2.27. The van der Waals surface area contributed by atoms with Gasteiger partial charge in [-0.3, -0.25) is 4.79 Å². The normalized spacial score (nSPS) is 15.1. The molecule has 1 fully saturated rings. The summed E-state index contributed by atoms with van der Waals surface area (Å²) >= 11 is 0. The molecule has 0 bridgehead atoms. The molecule has 7 heteroatoms. The average molecular weight is 330 g/mol. The molecule has 2 heterocycles. The third-order valence-corrected chi connectivity index (χ3v) is 3.96. The van der Waals surface area contributed by atoms with Crippen molar-refractivity contribution in [3.05, 3.63) is 30.1 Å². The summed E-state index contributed by atoms with van der Waals surface area (Å²) in [6.07, 6.45) is -0.306. The number of nitrogens with zero attached hydrogens (tertiary/aromatic N) is 3. The van der Waals surface area contributed by atoms with E-state index in [0.29, 0.717) is 44.5 Å². The fraction of sp³-hybridized carbons (Fsp3) is 0.471. The van der Waals surface area contributed by atoms with Gasteiger partial charge in [0.1, 0.15) is 0 Å². The smallest absolute Gasteiger partial charge is 0.409 e. The van der Waals surface area contributed by atoms with Crippen LogP contribution in [-0.2, 0) is 4.74 Å². The quantitative estimate of drug-likeness (QED) is 0.935. The fourth-order valence-electron chi connectivity index (χ4n) is 2.63. The lowest BCUT2D eigenvalue weighted by Crippen LogP contribution is -2.51. The van der Waals surface area contributed by atoms with Crippen LogP contribution in [0.3, 0.4) is 0 Å². The predicted molar refractivity (Wildman–Crippen MR) is 89.8 cm³/mol. The molecule has 0 aliphatic carbocycles. The first-order chi connectivity index (χ1) is 11.5. The van der Waals surface area contributed by atoms with Gasteiger partial charge in [0.2, 0.25) is 0 Å². The number of piperazine rings is 1. The van der Waals surface area contributed by atoms with E-state index in [1.807, 2.05) is 38.1 Å². The SMILES string of the molecule is CC(C)COC(=O)N1CCN(C(=O)c2nc3ccccc3[nH]2)CC1. The van der Waals surface area contributed by atoms with Crippen molar-refractivity contribution >= 4 is 23.0 Å². The molecule has 3 rings (SSSR count). The largest absolute Gasteiger partial charge is 0.449 e. The van der Waals surface area contributed by atoms with E-state index in [9.17, 15) is 9.59 Å². The summed E-state index contributed by atoms with van der Waals surface area (Å²) in [6, 6.07) is 7.54. The Morgan fingerprint density at radius 2 is 1.83 bits per heavy atom. The molecular weight excluding hydrogens is 308 g/mol. The average Bonchev–Trinajstić information content (AvgIpc) is 3.03. The summed E-state index contributed by atoms with van der Waals surface area (Å²) in [6.45, 7) is 6.32. The third kappa shape index (κ3) is 3.50. The molecule has 7 nitrogen and oxygen atoms in total. The number of carbonyl (C=O) groups is 2. The zero-order valence-electron chi connectivity index (χ0n) is 14.0. The Morgan fingerprint density at radius 3 is 2.50 bits per heavy atom. The van der Waals surface area contributed by atoms with E-state index in [1.165, 1.54) is 0 Å². The van der Waals surface area contributed by atoms with Crippen molar-refractivity contribution in [2.24, 2.45) is 5.92 Å². The molecule has 1 aliphatic heterocycles. The molecule has 128 valence electrons. The van der Waals surface area contributed by atoms with E-state index in [0.717, 1.165) is 11.0 Å². The molecule has 0 atom stereocenters. The maximum Gasteiger partial charge on any atom is 0.409 e. The van der Waals surface area contributed by atoms with E-state index < -0.39 is 0 Å². The molecular formula is C17H22N4O3. The van der Waals surface area contributed by atoms with Gasteiger partial charge in [-0.1, -0.05) is 26.0 Å². The number of aromatic nitrogens is 2. The number of amides is 2. The van der Waals surface area contributed by atoms with Crippen LogP contribution in [0.4, 0.5) is 4.79 Å². The van der Waals surface area contributed by atoms with Crippen LogP contribution in [-0.4, -0.2) is 64.6 Å². The van der Waals surface area contributed by atoms with E-state index in [-0.39, 0.29) is 12.0 Å². The molecule has 1 aromatic heterocycles. The number of imidazole rings is 1. The number of fused-ring (bicyclic) bond motifs is 1. The lowest BCUT2D eigenvalue weighted by atomic mass is 10.2. The number of ether oxygens (including phenoxy) is 1. The second-order valence-electron chi connectivity index (χ2n) is 6.35. The first-order valence-electron chi connectivity index (χ1n) is 8.20. The monoisotopic (exact) mass is 330 g/mol. The summed E-state index contributed by atoms with van der Waals surface area (Å²) < 4.78 is 5.23. The fourth-order valence-corrected chi connectivity index (χ4v) is 2.63. The Bertz CT molecular complexity index is 699. The maximum atomic E-state index is 12.6. The number of benzene rings is 1. The molecule has 1 saturated heterocycles. The van der Waals surface area contributed by atoms with Crippen LogP contribution in [0, 0.1) is 5.92 Å². The number of carbonyl (C=O) groups excluding carboxylic acids is 2. The van der Waals surface area contributed by atoms with Crippen molar-refractivity contribution in [2.75, 3.05) is 32.8 Å². The molecule has 2 aromatic rings. The minimum absolute atomic E-state index is 0.138. The summed E-state index contributed by atoms with van der Waals surface area (Å²) in [4.78, 5) is 35.3. The van der Waals surface area contributed by atoms with Gasteiger partial charge in [-0.25, -0.2) is 9.78 Å². The lowest BCUT2D eigenvalue weighted by Gasteiger charge is -2.33. The van der Waals surface area contributed by atoms with Gasteiger partial charge in [0.25, 0.3) is 5.91 Å². The van der Waals surface area contributed by atoms with Gasteiger partial charge >= 0.3 is 6.09 Å². The van der Waals surface area contributed by atoms with Gasteiger partial charge in [0.15, 0.2) is 5.82 Å². The minimum atomic E-state index is -0.306. The summed E-state index contributed by atoms with van der Waals surface area (Å²) in [7, 11) is 0. The molecule has 0 saturated carbocycles. The van der Waals surface area contributed by atoms with Crippen LogP contribution in [0.1, 0.15) is 24.5 Å². The molecule has 1 aliphatic rings. The Kier molecular flexibility index (Phi) is 4.69. The summed E-state index contributed by atoms with van der Waals surface area (Å²) in [5.74, 6) is 0.512. The zero-order chi connectivity index (χ0) is 17.1. The Labute approximate surface area is 140 Å². The number of rotatable bonds is 3. The first-order valence-corrected chi connectivity index (χ1v) is 8.20. The number of hydrogen-bond acceptors (Lipinski definition) is 4. The van der Waals surface area contributed by atoms with Crippen molar-refractivity contribution < 1.29 is 14.3 Å². The first kappa shape index (κ1) is 16.3. The van der Waals surface area contributed by atoms with Crippen LogP contribution in [0.15, 0.2) is 24.3 Å². The van der Waals surface area contributed by atoms with Crippen molar-refractivity contribution in [1.82, 2.24) is 19.8 Å². The van der Waals surface area contributed by atoms with E-state index in [4.69, 9.17) is 4.74 Å². The molecule has 1 N–H and O–H groups in total. The highest BCUT2D eigenvalue weighted by molar-refractivity contribution is 5.94. The second kappa shape index (κ2) is 6.90. The molecule has 0 radical (unpaired) electrons. The van der Waals surface area contributed by atoms with Gasteiger partial charge in [-0.2, -0.15) is 0 Å². The number of hydrogen-bond donors (Lipinski definition) is 1. The molecule has 2 amide bonds. The van der Waals surface area contributed by atoms with Crippen LogP contribution in [0.2, 0.25) is 0 Å². The van der Waals surface area contributed by atoms with Gasteiger partial charge in [0, 0.05) is 26.2 Å². The van der Waals surface area contributed by atoms with Crippen LogP contribution in [0.5, 0.6) is 0 Å². The van der Waals surface area contributed by atoms with Gasteiger partial charge in [-0.05, 0) is 18.1 Å². The van der Waals surface area contributed by atoms with Crippen LogP contribution >= 0.6 is 0 Å². The number of H-pyrrole nitrogens is 1. The zero-order valence-corrected chi connectivity index (χ0v) is 14.0. The minimum Gasteiger partial charge on any atom is -0.449 e. The van der Waals surface area contributed by atoms with E-state index >= 15 is 0 Å². The Balaban J connectivity index is 1.58. The third-order valence-electron chi connectivity index (χ3n) is 3.96. The number of aromatic amines is 1. The highest BCUT2D eigenvalue weighted by Crippen LogP contribution is 2.13. The standard InChI is InChI=1S/C17H22N4O3/c1-12(2)11-24-17(23)21-9-7-20(8-10-21)16(22)15-18-13-5-3-4-6-14(13)19-15/h3-6,12H,7-11H2,1-2H3,(H,18,19). The maximum absolute atomic E-state index is 12.6. The summed E-state index contributed by atoms with van der Waals surface area (Å²) in [5, 5.41) is 0. The Hall–Kier alpha value is -2.57. The Morgan fingerprint density at radius 1 is 1.17 bits per heavy atom. The van der Waals surface area contributed by atoms with E-state index in [1.54, 1.807) is 9.80 Å². The second-order valence-corrected chi connectivity index (χ2v) is 6.35. The van der Waals surface area contributed by atoms with Gasteiger partial charge in [-0.15, -0.1) is 0 Å². The van der Waals surface area contributed by atoms with Gasteiger partial charge < -0.3 is 19.5 Å². The van der Waals surface area contributed by atoms with Crippen molar-refractivity contribution in [3.63, 3.8) is 0 Å². The van der Waals surface area contributed by atoms with Crippen molar-refractivity contribution in [3.8, 4) is 0 Å². The predicted octanol–water partition coefficient (Wildman–Crippen LogP) is 2.11. The van der Waals surface area contributed by atoms with Crippen molar-refractivity contribution in [2.45, 2.75) is 13.8 Å². The molecule has 0 spiro atoms. The molecule has 24 heavy (non-hydrogen) atoms. The van der Waals surface area contributed by atoms with E-state index in [2.05, 4.69) is 9.97 Å². The van der Waals surface area contributed by atoms with Gasteiger partial charge in [0.05, 0.1) is 17.6 Å². The highest BCUT2D eigenvalue weighted by atomic mass is 16.6. The van der Waals surface area contributed by atoms with Crippen molar-refractivity contribution in [1.29, 1.82) is 0 Å². The van der Waals surface area contributed by atoms with Crippen LogP contribution in [0.25, 0.3) is 11.0 Å². The lowest BCUT2D eigenvalue weighted by molar-refractivity contribution is 0.0528. The topological polar surface area (TPSA) is 78.5 Å². The number of para-hydroxylation sites is 2. The number of nitrogens with one attached hydrogen (secondary N) is 1.